The quantitative estimate of drug-likeness (QED) is 0.144. The van der Waals surface area contributed by atoms with E-state index in [4.69, 9.17) is 0 Å². The summed E-state index contributed by atoms with van der Waals surface area (Å²) in [7, 11) is -5.70. The molecule has 2 heterocycles. The van der Waals surface area contributed by atoms with Crippen LogP contribution in [0.2, 0.25) is 0 Å². The van der Waals surface area contributed by atoms with E-state index >= 15 is 0 Å². The smallest absolute Gasteiger partial charge is 0.508 e. The highest BCUT2D eigenvalue weighted by molar-refractivity contribution is 7.88. The Morgan fingerprint density at radius 1 is 0.737 bits per heavy atom. The van der Waals surface area contributed by atoms with Crippen molar-refractivity contribution >= 4 is 10.1 Å². The van der Waals surface area contributed by atoms with Gasteiger partial charge in [-0.3, -0.25) is 0 Å². The third-order valence-corrected chi connectivity index (χ3v) is 15.5. The van der Waals surface area contributed by atoms with Crippen LogP contribution < -0.4 is 4.18 Å². The Labute approximate surface area is 340 Å². The van der Waals surface area contributed by atoms with Gasteiger partial charge >= 0.3 is 15.6 Å². The zero-order valence-electron chi connectivity index (χ0n) is 34.7. The second-order valence-corrected chi connectivity index (χ2v) is 19.8. The van der Waals surface area contributed by atoms with Crippen LogP contribution in [0.15, 0.2) is 48.5 Å². The van der Waals surface area contributed by atoms with Gasteiger partial charge in [-0.1, -0.05) is 90.5 Å². The minimum absolute atomic E-state index is 0.116. The Morgan fingerprint density at radius 3 is 1.60 bits per heavy atom. The molecule has 2 aromatic carbocycles. The minimum Gasteiger partial charge on any atom is -0.508 e. The lowest BCUT2D eigenvalue weighted by atomic mass is 9.68. The van der Waals surface area contributed by atoms with Crippen molar-refractivity contribution in [3.63, 3.8) is 0 Å². The third-order valence-electron chi connectivity index (χ3n) is 14.5. The van der Waals surface area contributed by atoms with Crippen LogP contribution in [0.1, 0.15) is 129 Å². The van der Waals surface area contributed by atoms with Crippen molar-refractivity contribution in [1.29, 1.82) is 0 Å². The summed E-state index contributed by atoms with van der Waals surface area (Å²) in [5.41, 5.74) is -3.64. The van der Waals surface area contributed by atoms with E-state index < -0.39 is 15.6 Å². The molecule has 8 nitrogen and oxygen atoms in total. The number of halogens is 3. The van der Waals surface area contributed by atoms with Gasteiger partial charge in [0.05, 0.1) is 12.2 Å². The van der Waals surface area contributed by atoms with Crippen molar-refractivity contribution in [2.24, 2.45) is 23.7 Å². The summed E-state index contributed by atoms with van der Waals surface area (Å²) in [6.07, 6.45) is 15.4. The number of aromatic hydroxyl groups is 1. The van der Waals surface area contributed by atoms with E-state index in [1.807, 2.05) is 18.2 Å². The highest BCUT2D eigenvalue weighted by Crippen LogP contribution is 2.42. The summed E-state index contributed by atoms with van der Waals surface area (Å²) in [4.78, 5) is 4.87. The van der Waals surface area contributed by atoms with Gasteiger partial charge in [0.1, 0.15) is 11.5 Å². The van der Waals surface area contributed by atoms with Crippen LogP contribution in [0.4, 0.5) is 13.2 Å². The number of rotatable bonds is 12. The molecule has 57 heavy (non-hydrogen) atoms. The molecule has 0 bridgehead atoms. The number of aliphatic hydroxyl groups excluding tert-OH is 2. The zero-order chi connectivity index (χ0) is 41.4. The van der Waals surface area contributed by atoms with E-state index in [2.05, 4.69) is 47.7 Å². The predicted octanol–water partition coefficient (Wildman–Crippen LogP) is 9.17. The molecule has 0 spiro atoms. The second-order valence-electron chi connectivity index (χ2n) is 18.3. The number of alkyl halides is 3. The van der Waals surface area contributed by atoms with E-state index in [0.717, 1.165) is 83.4 Å². The minimum atomic E-state index is -5.70. The van der Waals surface area contributed by atoms with E-state index in [9.17, 15) is 36.9 Å². The first-order chi connectivity index (χ1) is 26.9. The molecule has 6 rings (SSSR count). The van der Waals surface area contributed by atoms with Gasteiger partial charge in [-0.15, -0.1) is 0 Å². The van der Waals surface area contributed by atoms with Crippen molar-refractivity contribution in [1.82, 2.24) is 9.80 Å². The van der Waals surface area contributed by atoms with Gasteiger partial charge in [-0.05, 0) is 134 Å². The molecule has 2 aliphatic heterocycles. The lowest BCUT2D eigenvalue weighted by Gasteiger charge is -2.45. The van der Waals surface area contributed by atoms with Gasteiger partial charge in [-0.2, -0.15) is 21.6 Å². The zero-order valence-corrected chi connectivity index (χ0v) is 35.5. The van der Waals surface area contributed by atoms with Gasteiger partial charge < -0.3 is 29.3 Å². The fraction of sp³-hybridized carbons (Fsp3) is 0.733. The predicted molar refractivity (Wildman–Crippen MR) is 220 cm³/mol. The maximum atomic E-state index is 12.7. The molecular formula is C45H69F3N2O6S. The van der Waals surface area contributed by atoms with Crippen LogP contribution in [0, 0.1) is 23.7 Å². The Balaban J connectivity index is 0.000000224. The van der Waals surface area contributed by atoms with Crippen molar-refractivity contribution in [2.45, 2.75) is 146 Å². The highest BCUT2D eigenvalue weighted by Gasteiger charge is 2.49. The van der Waals surface area contributed by atoms with Crippen LogP contribution in [-0.2, 0) is 20.9 Å². The van der Waals surface area contributed by atoms with Gasteiger partial charge in [0, 0.05) is 26.2 Å². The molecular weight excluding hydrogens is 754 g/mol. The average Bonchev–Trinajstić information content (AvgIpc) is 3.19. The third kappa shape index (κ3) is 11.9. The Morgan fingerprint density at radius 2 is 1.18 bits per heavy atom. The number of benzene rings is 2. The van der Waals surface area contributed by atoms with Crippen molar-refractivity contribution in [2.75, 3.05) is 39.3 Å². The average molecular weight is 823 g/mol. The number of piperidine rings is 2. The Bertz CT molecular complexity index is 1670. The summed E-state index contributed by atoms with van der Waals surface area (Å²) >= 11 is 0. The van der Waals surface area contributed by atoms with Crippen LogP contribution in [0.25, 0.3) is 0 Å². The molecule has 322 valence electrons. The molecule has 0 amide bonds. The summed E-state index contributed by atoms with van der Waals surface area (Å²) < 4.78 is 65.1. The monoisotopic (exact) mass is 822 g/mol. The van der Waals surface area contributed by atoms with Crippen LogP contribution in [-0.4, -0.2) is 90.5 Å². The Kier molecular flexibility index (Phi) is 15.9. The van der Waals surface area contributed by atoms with E-state index in [1.165, 1.54) is 75.1 Å². The lowest BCUT2D eigenvalue weighted by Crippen LogP contribution is -2.48. The van der Waals surface area contributed by atoms with Crippen LogP contribution in [0.5, 0.6) is 11.5 Å². The number of phenols is 1. The maximum absolute atomic E-state index is 12.7. The fourth-order valence-electron chi connectivity index (χ4n) is 9.97. The van der Waals surface area contributed by atoms with Crippen molar-refractivity contribution < 1.29 is 41.1 Å². The van der Waals surface area contributed by atoms with E-state index in [0.29, 0.717) is 23.5 Å². The normalized spacial score (nSPS) is 28.6. The first-order valence-corrected chi connectivity index (χ1v) is 23.0. The first-order valence-electron chi connectivity index (χ1n) is 21.6. The molecule has 12 heteroatoms. The van der Waals surface area contributed by atoms with Gasteiger partial charge in [0.15, 0.2) is 0 Å². The maximum Gasteiger partial charge on any atom is 0.534 e. The molecule has 2 aromatic rings. The molecule has 2 saturated heterocycles. The highest BCUT2D eigenvalue weighted by atomic mass is 32.2. The molecule has 0 unspecified atom stereocenters. The Hall–Kier alpha value is -2.38. The number of hydrogen-bond acceptors (Lipinski definition) is 8. The summed E-state index contributed by atoms with van der Waals surface area (Å²) in [6, 6.07) is 13.8. The number of hydrogen-bond donors (Lipinski definition) is 3. The van der Waals surface area contributed by atoms with E-state index in [-0.39, 0.29) is 34.7 Å². The SMILES string of the molecule is C[C@H]1CN(CC[C@@H](O)C2CCCCC2)CC[C@@]1(C)c1cccc(O)c1.C[C@H]1CN(CC[C@@H](O)C2CCCCC2)CC[C@@]1(C)c1cccc(OS(=O)(=O)C(F)(F)F)c1. The topological polar surface area (TPSA) is 111 Å². The lowest BCUT2D eigenvalue weighted by molar-refractivity contribution is -0.0500. The fourth-order valence-corrected chi connectivity index (χ4v) is 10.4. The number of nitrogens with zero attached hydrogens (tertiary/aromatic N) is 2. The largest absolute Gasteiger partial charge is 0.534 e. The number of phenolic OH excluding ortho intramolecular Hbond substituents is 1. The standard InChI is InChI=1S/C23H34F3NO4S.C22H35NO2/c1-17-16-27(13-11-21(28)18-7-4-3-5-8-18)14-12-22(17,2)19-9-6-10-20(15-19)31-32(29,30)23(24,25)26;1-17-16-23(13-11-21(25)18-7-4-3-5-8-18)14-12-22(17,2)19-9-6-10-20(24)15-19/h6,9-10,15,17-18,21,28H,3-5,7-8,11-14,16H2,1-2H3;6,9-10,15,17-18,21,24-25H,3-5,7-8,11-14,16H2,1-2H3/t2*17-,21+,22+/m00/s1. The molecule has 2 aliphatic carbocycles. The molecule has 4 fully saturated rings. The second kappa shape index (κ2) is 19.8. The molecule has 0 aromatic heterocycles. The number of aliphatic hydroxyl groups is 2. The van der Waals surface area contributed by atoms with Crippen molar-refractivity contribution in [3.05, 3.63) is 59.7 Å². The molecule has 2 saturated carbocycles. The summed E-state index contributed by atoms with van der Waals surface area (Å²) in [5, 5.41) is 30.9. The molecule has 6 atom stereocenters. The van der Waals surface area contributed by atoms with Gasteiger partial charge in [0.2, 0.25) is 0 Å². The van der Waals surface area contributed by atoms with Gasteiger partial charge in [-0.25, -0.2) is 0 Å². The van der Waals surface area contributed by atoms with E-state index in [1.54, 1.807) is 6.07 Å². The van der Waals surface area contributed by atoms with Gasteiger partial charge in [0.25, 0.3) is 0 Å². The van der Waals surface area contributed by atoms with Crippen LogP contribution in [0.3, 0.4) is 0 Å². The molecule has 3 N–H and O–H groups in total. The molecule has 0 radical (unpaired) electrons. The first kappa shape index (κ1) is 45.7. The summed E-state index contributed by atoms with van der Waals surface area (Å²) in [5.74, 6) is 1.71. The number of likely N-dealkylation sites (tertiary alicyclic amines) is 2. The van der Waals surface area contributed by atoms with Crippen LogP contribution >= 0.6 is 0 Å². The summed E-state index contributed by atoms with van der Waals surface area (Å²) in [6.45, 7) is 14.4. The van der Waals surface area contributed by atoms with Crippen molar-refractivity contribution in [3.8, 4) is 11.5 Å². The molecule has 4 aliphatic rings.